The van der Waals surface area contributed by atoms with Crippen molar-refractivity contribution in [2.75, 3.05) is 6.54 Å². The lowest BCUT2D eigenvalue weighted by Crippen LogP contribution is -2.25. The maximum absolute atomic E-state index is 11.5. The zero-order valence-electron chi connectivity index (χ0n) is 8.21. The third kappa shape index (κ3) is 3.21. The summed E-state index contributed by atoms with van der Waals surface area (Å²) in [6.45, 7) is 2.94. The number of halogens is 2. The van der Waals surface area contributed by atoms with Gasteiger partial charge >= 0.3 is 0 Å². The summed E-state index contributed by atoms with van der Waals surface area (Å²) in [5.74, 6) is -0.0341. The van der Waals surface area contributed by atoms with Crippen LogP contribution in [0.3, 0.4) is 0 Å². The monoisotopic (exact) mass is 255 g/mol. The minimum absolute atomic E-state index is 0.0341. The van der Waals surface area contributed by atoms with E-state index in [-0.39, 0.29) is 10.6 Å². The standard InChI is InChI=1S/C9H15Cl2NOS/c1-2-3-4-5-6-12-9(13)7(10)8(11)14-12/h7-8H,2-6H2,1H3. The minimum Gasteiger partial charge on any atom is -0.284 e. The Bertz CT molecular complexity index is 203. The van der Waals surface area contributed by atoms with E-state index in [9.17, 15) is 4.79 Å². The second-order valence-corrected chi connectivity index (χ2v) is 5.72. The third-order valence-electron chi connectivity index (χ3n) is 2.15. The molecule has 1 fully saturated rings. The van der Waals surface area contributed by atoms with Crippen LogP contribution in [0.1, 0.15) is 32.6 Å². The van der Waals surface area contributed by atoms with Gasteiger partial charge in [0.15, 0.2) is 0 Å². The molecule has 0 aromatic rings. The SMILES string of the molecule is CCCCCCN1SC(Cl)C(Cl)C1=O. The average Bonchev–Trinajstić information content (AvgIpc) is 2.41. The summed E-state index contributed by atoms with van der Waals surface area (Å²) >= 11 is 13.0. The highest BCUT2D eigenvalue weighted by molar-refractivity contribution is 8.00. The molecular weight excluding hydrogens is 241 g/mol. The Kier molecular flexibility index (Phi) is 5.42. The smallest absolute Gasteiger partial charge is 0.252 e. The van der Waals surface area contributed by atoms with Crippen molar-refractivity contribution in [1.29, 1.82) is 0 Å². The normalized spacial score (nSPS) is 27.4. The number of carbonyl (C=O) groups excluding carboxylic acids is 1. The Morgan fingerprint density at radius 2 is 2.07 bits per heavy atom. The highest BCUT2D eigenvalue weighted by Crippen LogP contribution is 2.35. The van der Waals surface area contributed by atoms with Gasteiger partial charge in [-0.2, -0.15) is 0 Å². The summed E-state index contributed by atoms with van der Waals surface area (Å²) in [7, 11) is 0. The molecule has 1 amide bonds. The van der Waals surface area contributed by atoms with E-state index >= 15 is 0 Å². The van der Waals surface area contributed by atoms with Crippen molar-refractivity contribution in [1.82, 2.24) is 4.31 Å². The molecule has 82 valence electrons. The van der Waals surface area contributed by atoms with E-state index < -0.39 is 5.38 Å². The van der Waals surface area contributed by atoms with Gasteiger partial charge in [0.2, 0.25) is 0 Å². The van der Waals surface area contributed by atoms with E-state index in [4.69, 9.17) is 23.2 Å². The highest BCUT2D eigenvalue weighted by Gasteiger charge is 2.38. The first-order valence-electron chi connectivity index (χ1n) is 4.93. The van der Waals surface area contributed by atoms with Crippen LogP contribution in [0.25, 0.3) is 0 Å². The summed E-state index contributed by atoms with van der Waals surface area (Å²) in [5.41, 5.74) is 0. The number of hydrogen-bond donors (Lipinski definition) is 0. The second-order valence-electron chi connectivity index (χ2n) is 3.36. The van der Waals surface area contributed by atoms with Crippen LogP contribution in [-0.4, -0.2) is 26.8 Å². The molecule has 0 radical (unpaired) electrons. The number of nitrogens with zero attached hydrogens (tertiary/aromatic N) is 1. The molecule has 2 atom stereocenters. The van der Waals surface area contributed by atoms with Gasteiger partial charge in [-0.15, -0.1) is 23.2 Å². The van der Waals surface area contributed by atoms with Crippen LogP contribution in [0.2, 0.25) is 0 Å². The zero-order chi connectivity index (χ0) is 10.6. The molecule has 5 heteroatoms. The van der Waals surface area contributed by atoms with Crippen LogP contribution in [0.15, 0.2) is 0 Å². The lowest BCUT2D eigenvalue weighted by Gasteiger charge is -2.13. The molecule has 2 unspecified atom stereocenters. The molecule has 2 nitrogen and oxygen atoms in total. The fraction of sp³-hybridized carbons (Fsp3) is 0.889. The molecule has 0 aromatic heterocycles. The topological polar surface area (TPSA) is 20.3 Å². The van der Waals surface area contributed by atoms with Gasteiger partial charge in [-0.05, 0) is 18.4 Å². The van der Waals surface area contributed by atoms with Gasteiger partial charge in [-0.25, -0.2) is 0 Å². The molecule has 0 N–H and O–H groups in total. The Morgan fingerprint density at radius 1 is 1.36 bits per heavy atom. The van der Waals surface area contributed by atoms with Crippen LogP contribution in [0, 0.1) is 0 Å². The van der Waals surface area contributed by atoms with E-state index in [1.807, 2.05) is 0 Å². The van der Waals surface area contributed by atoms with Crippen LogP contribution in [-0.2, 0) is 4.79 Å². The molecule has 0 saturated carbocycles. The largest absolute Gasteiger partial charge is 0.284 e. The number of carbonyl (C=O) groups is 1. The molecule has 14 heavy (non-hydrogen) atoms. The van der Waals surface area contributed by atoms with E-state index in [0.29, 0.717) is 0 Å². The predicted molar refractivity (Wildman–Crippen MR) is 62.7 cm³/mol. The quantitative estimate of drug-likeness (QED) is 0.427. The maximum Gasteiger partial charge on any atom is 0.252 e. The van der Waals surface area contributed by atoms with Gasteiger partial charge in [0.1, 0.15) is 10.1 Å². The zero-order valence-corrected chi connectivity index (χ0v) is 10.5. The van der Waals surface area contributed by atoms with Crippen molar-refractivity contribution >= 4 is 41.1 Å². The summed E-state index contributed by atoms with van der Waals surface area (Å²) < 4.78 is 1.40. The van der Waals surface area contributed by atoms with Crippen molar-refractivity contribution < 1.29 is 4.79 Å². The van der Waals surface area contributed by atoms with Crippen molar-refractivity contribution in [2.24, 2.45) is 0 Å². The Balaban J connectivity index is 2.22. The van der Waals surface area contributed by atoms with Gasteiger partial charge in [-0.1, -0.05) is 26.2 Å². The van der Waals surface area contributed by atoms with Crippen LogP contribution < -0.4 is 0 Å². The van der Waals surface area contributed by atoms with Gasteiger partial charge < -0.3 is 0 Å². The number of rotatable bonds is 5. The van der Waals surface area contributed by atoms with Gasteiger partial charge in [0, 0.05) is 6.54 Å². The summed E-state index contributed by atoms with van der Waals surface area (Å²) in [4.78, 5) is 11.5. The summed E-state index contributed by atoms with van der Waals surface area (Å²) in [6.07, 6.45) is 4.64. The minimum atomic E-state index is -0.548. The fourth-order valence-electron chi connectivity index (χ4n) is 1.32. The summed E-state index contributed by atoms with van der Waals surface area (Å²) in [6, 6.07) is 0. The number of hydrogen-bond acceptors (Lipinski definition) is 2. The van der Waals surface area contributed by atoms with E-state index in [1.54, 1.807) is 4.31 Å². The van der Waals surface area contributed by atoms with Crippen molar-refractivity contribution in [2.45, 2.75) is 42.7 Å². The molecule has 1 heterocycles. The Labute approximate surface area is 99.4 Å². The van der Waals surface area contributed by atoms with Crippen molar-refractivity contribution in [3.8, 4) is 0 Å². The van der Waals surface area contributed by atoms with Crippen LogP contribution in [0.4, 0.5) is 0 Å². The van der Waals surface area contributed by atoms with E-state index in [0.717, 1.165) is 13.0 Å². The van der Waals surface area contributed by atoms with Crippen LogP contribution >= 0.6 is 35.1 Å². The molecule has 0 bridgehead atoms. The van der Waals surface area contributed by atoms with Crippen LogP contribution in [0.5, 0.6) is 0 Å². The number of alkyl halides is 2. The summed E-state index contributed by atoms with van der Waals surface area (Å²) in [5, 5.41) is -0.548. The molecular formula is C9H15Cl2NOS. The first kappa shape index (κ1) is 12.5. The predicted octanol–water partition coefficient (Wildman–Crippen LogP) is 3.23. The number of unbranched alkanes of at least 4 members (excludes halogenated alkanes) is 3. The number of amides is 1. The Morgan fingerprint density at radius 3 is 2.57 bits per heavy atom. The molecule has 0 aromatic carbocycles. The lowest BCUT2D eigenvalue weighted by atomic mass is 10.2. The van der Waals surface area contributed by atoms with E-state index in [2.05, 4.69) is 6.92 Å². The van der Waals surface area contributed by atoms with Gasteiger partial charge in [0.25, 0.3) is 5.91 Å². The molecule has 1 aliphatic heterocycles. The molecule has 0 aliphatic carbocycles. The Hall–Kier alpha value is 0.400. The fourth-order valence-corrected chi connectivity index (χ4v) is 2.95. The second kappa shape index (κ2) is 6.09. The lowest BCUT2D eigenvalue weighted by molar-refractivity contribution is -0.124. The maximum atomic E-state index is 11.5. The van der Waals surface area contributed by atoms with Crippen molar-refractivity contribution in [3.05, 3.63) is 0 Å². The molecule has 1 saturated heterocycles. The van der Waals surface area contributed by atoms with Gasteiger partial charge in [0.05, 0.1) is 0 Å². The van der Waals surface area contributed by atoms with Crippen molar-refractivity contribution in [3.63, 3.8) is 0 Å². The first-order chi connectivity index (χ1) is 6.66. The first-order valence-corrected chi connectivity index (χ1v) is 6.64. The molecule has 1 rings (SSSR count). The van der Waals surface area contributed by atoms with E-state index in [1.165, 1.54) is 31.2 Å². The molecule has 1 aliphatic rings. The average molecular weight is 256 g/mol. The third-order valence-corrected chi connectivity index (χ3v) is 4.45. The van der Waals surface area contributed by atoms with Gasteiger partial charge in [-0.3, -0.25) is 9.10 Å². The molecule has 0 spiro atoms. The highest BCUT2D eigenvalue weighted by atomic mass is 35.5.